The molecule has 0 aliphatic rings. The van der Waals surface area contributed by atoms with Crippen molar-refractivity contribution in [2.75, 3.05) is 82.6 Å². The molecular formula is C20H42N6O5. The van der Waals surface area contributed by atoms with Crippen molar-refractivity contribution in [2.24, 2.45) is 0 Å². The van der Waals surface area contributed by atoms with Gasteiger partial charge in [-0.15, -0.1) is 0 Å². The number of rotatable bonds is 18. The molecule has 1 aromatic rings. The van der Waals surface area contributed by atoms with E-state index in [-0.39, 0.29) is 5.48 Å². The average molecular weight is 447 g/mol. The Kier molecular flexibility index (Phi) is 16.8. The van der Waals surface area contributed by atoms with Crippen LogP contribution in [0.25, 0.3) is 0 Å². The van der Waals surface area contributed by atoms with Gasteiger partial charge in [0.2, 0.25) is 17.8 Å². The molecule has 182 valence electrons. The normalized spacial score (nSPS) is 10.6. The number of ether oxygens (including phenoxy) is 4. The maximum atomic E-state index is 5.78. The van der Waals surface area contributed by atoms with Gasteiger partial charge >= 0.3 is 0 Å². The van der Waals surface area contributed by atoms with Crippen LogP contribution in [-0.4, -0.2) is 88.4 Å². The monoisotopic (exact) mass is 446 g/mol. The fourth-order valence-electron chi connectivity index (χ4n) is 2.40. The van der Waals surface area contributed by atoms with Gasteiger partial charge in [-0.25, -0.2) is 0 Å². The van der Waals surface area contributed by atoms with Crippen LogP contribution in [0.2, 0.25) is 0 Å². The van der Waals surface area contributed by atoms with E-state index in [0.717, 1.165) is 32.2 Å². The Labute approximate surface area is 187 Å². The molecule has 0 unspecified atom stereocenters. The summed E-state index contributed by atoms with van der Waals surface area (Å²) in [4.78, 5) is 19.6. The summed E-state index contributed by atoms with van der Waals surface area (Å²) in [5, 5.41) is 0. The lowest BCUT2D eigenvalue weighted by Gasteiger charge is -2.27. The topological polar surface area (TPSA) is 117 Å². The molecule has 0 aliphatic heterocycles. The van der Waals surface area contributed by atoms with Gasteiger partial charge in [-0.05, 0) is 19.8 Å². The Morgan fingerprint density at radius 2 is 1.10 bits per heavy atom. The van der Waals surface area contributed by atoms with Gasteiger partial charge in [-0.1, -0.05) is 26.7 Å². The highest BCUT2D eigenvalue weighted by Crippen LogP contribution is 2.19. The van der Waals surface area contributed by atoms with Crippen LogP contribution in [0.1, 0.15) is 46.5 Å². The Bertz CT molecular complexity index is 529. The number of hydrogen-bond donors (Lipinski definition) is 0. The Morgan fingerprint density at radius 1 is 0.677 bits per heavy atom. The summed E-state index contributed by atoms with van der Waals surface area (Å²) in [6, 6.07) is 0. The molecule has 0 spiro atoms. The van der Waals surface area contributed by atoms with Crippen molar-refractivity contribution in [1.29, 1.82) is 0 Å². The summed E-state index contributed by atoms with van der Waals surface area (Å²) in [5.41, 5.74) is 0. The highest BCUT2D eigenvalue weighted by molar-refractivity contribution is 5.45. The number of hydrogen-bond acceptors (Lipinski definition) is 10. The van der Waals surface area contributed by atoms with Crippen LogP contribution in [0.4, 0.5) is 17.8 Å². The SMILES string of the molecule is CCCCOCN(COC)c1nc(N(C)CC)nc(N(COC)COCCCC)n1.O. The molecule has 0 aromatic carbocycles. The molecule has 0 atom stereocenters. The molecule has 11 heteroatoms. The Morgan fingerprint density at radius 3 is 1.45 bits per heavy atom. The number of methoxy groups -OCH3 is 2. The van der Waals surface area contributed by atoms with Gasteiger partial charge in [0.25, 0.3) is 0 Å². The molecule has 0 radical (unpaired) electrons. The van der Waals surface area contributed by atoms with E-state index in [2.05, 4.69) is 28.8 Å². The van der Waals surface area contributed by atoms with Gasteiger partial charge in [-0.2, -0.15) is 15.0 Å². The summed E-state index contributed by atoms with van der Waals surface area (Å²) >= 11 is 0. The van der Waals surface area contributed by atoms with E-state index in [9.17, 15) is 0 Å². The molecule has 0 amide bonds. The third-order valence-electron chi connectivity index (χ3n) is 4.33. The fourth-order valence-corrected chi connectivity index (χ4v) is 2.40. The van der Waals surface area contributed by atoms with Crippen LogP contribution >= 0.6 is 0 Å². The minimum atomic E-state index is 0. The van der Waals surface area contributed by atoms with Crippen molar-refractivity contribution in [1.82, 2.24) is 15.0 Å². The molecule has 1 rings (SSSR count). The molecule has 0 aliphatic carbocycles. The molecule has 1 heterocycles. The van der Waals surface area contributed by atoms with Gasteiger partial charge < -0.3 is 29.3 Å². The quantitative estimate of drug-likeness (QED) is 0.244. The fraction of sp³-hybridized carbons (Fsp3) is 0.850. The van der Waals surface area contributed by atoms with Crippen molar-refractivity contribution in [3.63, 3.8) is 0 Å². The first-order chi connectivity index (χ1) is 14.6. The zero-order chi connectivity index (χ0) is 22.2. The third kappa shape index (κ3) is 10.9. The predicted octanol–water partition coefficient (Wildman–Crippen LogP) is 1.87. The molecule has 11 nitrogen and oxygen atoms in total. The standard InChI is InChI=1S/C20H40N6O4.H2O/c1-7-10-12-29-16-25(14-27-5)19-21-18(24(4)9-3)22-20(23-19)26(15-28-6)17-30-13-11-8-2;/h7-17H2,1-6H3;1H2. The maximum Gasteiger partial charge on any atom is 0.235 e. The highest BCUT2D eigenvalue weighted by atomic mass is 16.5. The first-order valence-corrected chi connectivity index (χ1v) is 10.7. The van der Waals surface area contributed by atoms with E-state index in [1.165, 1.54) is 0 Å². The molecule has 2 N–H and O–H groups in total. The largest absolute Gasteiger partial charge is 0.412 e. The lowest BCUT2D eigenvalue weighted by Crippen LogP contribution is -2.35. The Hall–Kier alpha value is -1.79. The molecule has 0 saturated heterocycles. The van der Waals surface area contributed by atoms with E-state index in [4.69, 9.17) is 18.9 Å². The van der Waals surface area contributed by atoms with E-state index in [1.54, 1.807) is 14.2 Å². The van der Waals surface area contributed by atoms with Crippen molar-refractivity contribution in [3.8, 4) is 0 Å². The zero-order valence-electron chi connectivity index (χ0n) is 20.1. The molecule has 0 saturated carbocycles. The van der Waals surface area contributed by atoms with Crippen LogP contribution in [0.3, 0.4) is 0 Å². The molecule has 0 fully saturated rings. The first kappa shape index (κ1) is 29.2. The third-order valence-corrected chi connectivity index (χ3v) is 4.33. The Balaban J connectivity index is 0.00000900. The van der Waals surface area contributed by atoms with Crippen LogP contribution in [0, 0.1) is 0 Å². The number of unbranched alkanes of at least 4 members (excludes halogenated alkanes) is 2. The van der Waals surface area contributed by atoms with Crippen LogP contribution in [-0.2, 0) is 18.9 Å². The van der Waals surface area contributed by atoms with Crippen molar-refractivity contribution in [2.45, 2.75) is 46.5 Å². The lowest BCUT2D eigenvalue weighted by atomic mass is 10.4. The first-order valence-electron chi connectivity index (χ1n) is 10.7. The average Bonchev–Trinajstić information content (AvgIpc) is 2.77. The van der Waals surface area contributed by atoms with Crippen LogP contribution in [0.5, 0.6) is 0 Å². The second-order valence-electron chi connectivity index (χ2n) is 6.95. The smallest absolute Gasteiger partial charge is 0.235 e. The minimum absolute atomic E-state index is 0. The lowest BCUT2D eigenvalue weighted by molar-refractivity contribution is 0.0997. The van der Waals surface area contributed by atoms with Crippen LogP contribution < -0.4 is 14.7 Å². The maximum absolute atomic E-state index is 5.78. The van der Waals surface area contributed by atoms with Crippen molar-refractivity contribution < 1.29 is 24.4 Å². The second kappa shape index (κ2) is 17.8. The summed E-state index contributed by atoms with van der Waals surface area (Å²) in [7, 11) is 5.22. The highest BCUT2D eigenvalue weighted by Gasteiger charge is 2.19. The molecule has 1 aromatic heterocycles. The molecular weight excluding hydrogens is 404 g/mol. The van der Waals surface area contributed by atoms with E-state index < -0.39 is 0 Å². The number of nitrogens with zero attached hydrogens (tertiary/aromatic N) is 6. The summed E-state index contributed by atoms with van der Waals surface area (Å²) < 4.78 is 22.3. The van der Waals surface area contributed by atoms with Gasteiger partial charge in [0.15, 0.2) is 0 Å². The van der Waals surface area contributed by atoms with E-state index in [0.29, 0.717) is 58.0 Å². The predicted molar refractivity (Wildman–Crippen MR) is 123 cm³/mol. The van der Waals surface area contributed by atoms with Gasteiger partial charge in [-0.3, -0.25) is 9.80 Å². The summed E-state index contributed by atoms with van der Waals surface area (Å²) in [6.07, 6.45) is 4.17. The molecule has 0 bridgehead atoms. The second-order valence-corrected chi connectivity index (χ2v) is 6.95. The van der Waals surface area contributed by atoms with E-state index in [1.807, 2.05) is 28.7 Å². The van der Waals surface area contributed by atoms with Gasteiger partial charge in [0, 0.05) is 41.0 Å². The minimum Gasteiger partial charge on any atom is -0.412 e. The summed E-state index contributed by atoms with van der Waals surface area (Å²) in [6.45, 7) is 9.72. The van der Waals surface area contributed by atoms with Crippen molar-refractivity contribution >= 4 is 17.8 Å². The van der Waals surface area contributed by atoms with Crippen molar-refractivity contribution in [3.05, 3.63) is 0 Å². The zero-order valence-corrected chi connectivity index (χ0v) is 20.1. The van der Waals surface area contributed by atoms with Crippen LogP contribution in [0.15, 0.2) is 0 Å². The molecule has 31 heavy (non-hydrogen) atoms. The summed E-state index contributed by atoms with van der Waals surface area (Å²) in [5.74, 6) is 1.55. The number of anilines is 3. The van der Waals surface area contributed by atoms with E-state index >= 15 is 0 Å². The van der Waals surface area contributed by atoms with Gasteiger partial charge in [0.05, 0.1) is 0 Å². The van der Waals surface area contributed by atoms with Gasteiger partial charge in [0.1, 0.15) is 26.9 Å². The number of aromatic nitrogens is 3.